The highest BCUT2D eigenvalue weighted by Gasteiger charge is 2.44. The molecule has 0 aliphatic heterocycles. The van der Waals surface area contributed by atoms with Crippen LogP contribution in [0.25, 0.3) is 0 Å². The van der Waals surface area contributed by atoms with E-state index in [9.17, 15) is 30.4 Å². The van der Waals surface area contributed by atoms with E-state index >= 15 is 0 Å². The van der Waals surface area contributed by atoms with Crippen molar-refractivity contribution in [1.82, 2.24) is 0 Å². The average molecular weight is 268 g/mol. The second-order valence-electron chi connectivity index (χ2n) is 3.63. The second kappa shape index (κ2) is 7.61. The zero-order chi connectivity index (χ0) is 14.2. The van der Waals surface area contributed by atoms with Crippen LogP contribution in [0.2, 0.25) is 0 Å². The topological polar surface area (TPSA) is 145 Å². The summed E-state index contributed by atoms with van der Waals surface area (Å²) in [5.41, 5.74) is 0. The lowest BCUT2D eigenvalue weighted by molar-refractivity contribution is -0.898. The lowest BCUT2D eigenvalue weighted by Gasteiger charge is -2.27. The maximum Gasteiger partial charge on any atom is 0.389 e. The molecule has 2 N–H and O–H groups in total. The van der Waals surface area contributed by atoms with E-state index < -0.39 is 22.3 Å². The van der Waals surface area contributed by atoms with E-state index in [4.69, 9.17) is 0 Å². The summed E-state index contributed by atoms with van der Waals surface area (Å²) in [5, 5.41) is 36.1. The summed E-state index contributed by atoms with van der Waals surface area (Å²) < 4.78 is 0. The Bertz CT molecular complexity index is 268. The van der Waals surface area contributed by atoms with Crippen molar-refractivity contribution in [2.75, 3.05) is 0 Å². The number of rotatable bonds is 10. The third-order valence-electron chi connectivity index (χ3n) is 2.16. The van der Waals surface area contributed by atoms with Gasteiger partial charge in [-0.2, -0.15) is 0 Å². The van der Waals surface area contributed by atoms with Gasteiger partial charge in [0, 0.05) is 0 Å². The monoisotopic (exact) mass is 268 g/mol. The minimum atomic E-state index is -3.29. The van der Waals surface area contributed by atoms with Gasteiger partial charge in [-0.3, -0.25) is 0 Å². The van der Waals surface area contributed by atoms with Crippen molar-refractivity contribution in [2.45, 2.75) is 51.1 Å². The molecule has 0 bridgehead atoms. The van der Waals surface area contributed by atoms with E-state index in [1.165, 1.54) is 0 Å². The van der Waals surface area contributed by atoms with Crippen LogP contribution in [0.3, 0.4) is 0 Å². The SMILES string of the molecule is CCCCCCC(O)C(O)(O[N+](=O)[O-])O[N+](=O)[O-]. The largest absolute Gasteiger partial charge is 0.389 e. The van der Waals surface area contributed by atoms with Gasteiger partial charge in [0.15, 0.2) is 0 Å². The van der Waals surface area contributed by atoms with E-state index in [-0.39, 0.29) is 6.42 Å². The van der Waals surface area contributed by atoms with Crippen LogP contribution < -0.4 is 0 Å². The number of hydrogen-bond acceptors (Lipinski definition) is 8. The smallest absolute Gasteiger partial charge is 0.386 e. The molecule has 0 rings (SSSR count). The maximum atomic E-state index is 10.1. The molecule has 1 unspecified atom stereocenters. The van der Waals surface area contributed by atoms with Crippen molar-refractivity contribution in [3.05, 3.63) is 20.2 Å². The zero-order valence-corrected chi connectivity index (χ0v) is 9.85. The van der Waals surface area contributed by atoms with Crippen molar-refractivity contribution < 1.29 is 30.1 Å². The van der Waals surface area contributed by atoms with Gasteiger partial charge >= 0.3 is 5.97 Å². The Kier molecular flexibility index (Phi) is 6.90. The molecule has 0 heterocycles. The molecule has 0 aromatic heterocycles. The number of unbranched alkanes of at least 4 members (excludes halogenated alkanes) is 3. The van der Waals surface area contributed by atoms with Gasteiger partial charge in [0.25, 0.3) is 10.2 Å². The quantitative estimate of drug-likeness (QED) is 0.250. The van der Waals surface area contributed by atoms with Crippen molar-refractivity contribution in [2.24, 2.45) is 0 Å². The molecule has 0 aliphatic rings. The Morgan fingerprint density at radius 1 is 1.17 bits per heavy atom. The van der Waals surface area contributed by atoms with E-state index in [0.717, 1.165) is 12.8 Å². The van der Waals surface area contributed by atoms with Crippen molar-refractivity contribution in [1.29, 1.82) is 0 Å². The van der Waals surface area contributed by atoms with E-state index in [1.807, 2.05) is 6.92 Å². The predicted molar refractivity (Wildman–Crippen MR) is 55.9 cm³/mol. The van der Waals surface area contributed by atoms with Crippen LogP contribution in [-0.4, -0.2) is 32.5 Å². The van der Waals surface area contributed by atoms with Gasteiger partial charge in [-0.25, -0.2) is 9.68 Å². The molecule has 106 valence electrons. The molecule has 0 aromatic rings. The Hall–Kier alpha value is -1.68. The lowest BCUT2D eigenvalue weighted by Crippen LogP contribution is -2.50. The fourth-order valence-electron chi connectivity index (χ4n) is 1.30. The Balaban J connectivity index is 4.43. The summed E-state index contributed by atoms with van der Waals surface area (Å²) in [7, 11) is 0. The first-order valence-electron chi connectivity index (χ1n) is 5.39. The highest BCUT2D eigenvalue weighted by atomic mass is 17.1. The van der Waals surface area contributed by atoms with Crippen molar-refractivity contribution in [3.8, 4) is 0 Å². The second-order valence-corrected chi connectivity index (χ2v) is 3.63. The van der Waals surface area contributed by atoms with Crippen molar-refractivity contribution in [3.63, 3.8) is 0 Å². The molecule has 0 saturated carbocycles. The molecule has 0 radical (unpaired) electrons. The van der Waals surface area contributed by atoms with Crippen LogP contribution in [0.5, 0.6) is 0 Å². The van der Waals surface area contributed by atoms with E-state index in [0.29, 0.717) is 12.8 Å². The van der Waals surface area contributed by atoms with Crippen LogP contribution in [0.15, 0.2) is 0 Å². The Morgan fingerprint density at radius 2 is 1.67 bits per heavy atom. The number of aliphatic hydroxyl groups is 2. The van der Waals surface area contributed by atoms with Gasteiger partial charge in [0.1, 0.15) is 6.10 Å². The summed E-state index contributed by atoms with van der Waals surface area (Å²) in [6.45, 7) is 1.96. The van der Waals surface area contributed by atoms with Crippen LogP contribution in [-0.2, 0) is 9.68 Å². The summed E-state index contributed by atoms with van der Waals surface area (Å²) in [4.78, 5) is 27.4. The van der Waals surface area contributed by atoms with Crippen LogP contribution in [0.4, 0.5) is 0 Å². The minimum Gasteiger partial charge on any atom is -0.386 e. The molecule has 1 atom stereocenters. The number of hydrogen-bond donors (Lipinski definition) is 2. The molecule has 0 amide bonds. The summed E-state index contributed by atoms with van der Waals surface area (Å²) in [5.74, 6) is -3.29. The molecule has 10 nitrogen and oxygen atoms in total. The van der Waals surface area contributed by atoms with Crippen molar-refractivity contribution >= 4 is 0 Å². The highest BCUT2D eigenvalue weighted by molar-refractivity contribution is 4.65. The maximum absolute atomic E-state index is 10.1. The molecule has 0 saturated heterocycles. The predicted octanol–water partition coefficient (Wildman–Crippen LogP) is 0.380. The fourth-order valence-corrected chi connectivity index (χ4v) is 1.30. The van der Waals surface area contributed by atoms with Crippen LogP contribution in [0, 0.1) is 20.2 Å². The third-order valence-corrected chi connectivity index (χ3v) is 2.16. The van der Waals surface area contributed by atoms with Gasteiger partial charge in [-0.05, 0) is 6.42 Å². The molecule has 0 spiro atoms. The summed E-state index contributed by atoms with van der Waals surface area (Å²) in [6, 6.07) is 0. The standard InChI is InChI=1S/C8H16N2O8/c1-2-3-4-5-6-7(11)8(12,17-9(13)14)18-10(15)16/h7,11-12H,2-6H2,1H3. The Morgan fingerprint density at radius 3 is 2.06 bits per heavy atom. The first-order valence-corrected chi connectivity index (χ1v) is 5.39. The zero-order valence-electron chi connectivity index (χ0n) is 9.85. The molecular weight excluding hydrogens is 252 g/mol. The van der Waals surface area contributed by atoms with Gasteiger partial charge in [-0.15, -0.1) is 20.2 Å². The van der Waals surface area contributed by atoms with Gasteiger partial charge < -0.3 is 10.2 Å². The van der Waals surface area contributed by atoms with Crippen LogP contribution >= 0.6 is 0 Å². The normalized spacial score (nSPS) is 12.8. The first-order chi connectivity index (χ1) is 8.31. The van der Waals surface area contributed by atoms with E-state index in [2.05, 4.69) is 9.68 Å². The number of aliphatic hydroxyl groups excluding tert-OH is 1. The molecule has 0 aromatic carbocycles. The highest BCUT2D eigenvalue weighted by Crippen LogP contribution is 2.20. The van der Waals surface area contributed by atoms with Gasteiger partial charge in [0.05, 0.1) is 0 Å². The van der Waals surface area contributed by atoms with Gasteiger partial charge in [-0.1, -0.05) is 32.6 Å². The van der Waals surface area contributed by atoms with E-state index in [1.54, 1.807) is 0 Å². The first kappa shape index (κ1) is 16.3. The van der Waals surface area contributed by atoms with Gasteiger partial charge in [0.2, 0.25) is 0 Å². The molecular formula is C8H16N2O8. The summed E-state index contributed by atoms with van der Waals surface area (Å²) >= 11 is 0. The third kappa shape index (κ3) is 6.15. The van der Waals surface area contributed by atoms with Crippen LogP contribution in [0.1, 0.15) is 39.0 Å². The molecule has 0 aliphatic carbocycles. The minimum absolute atomic E-state index is 0.127. The molecule has 0 fully saturated rings. The lowest BCUT2D eigenvalue weighted by atomic mass is 10.1. The Labute approximate surface area is 102 Å². The average Bonchev–Trinajstić information content (AvgIpc) is 2.21. The number of nitrogens with zero attached hydrogens (tertiary/aromatic N) is 2. The molecule has 18 heavy (non-hydrogen) atoms. The summed E-state index contributed by atoms with van der Waals surface area (Å²) in [6.07, 6.45) is 0.900. The molecule has 10 heteroatoms. The fraction of sp³-hybridized carbons (Fsp3) is 1.00.